The van der Waals surface area contributed by atoms with E-state index in [9.17, 15) is 9.18 Å². The molecule has 5 nitrogen and oxygen atoms in total. The summed E-state index contributed by atoms with van der Waals surface area (Å²) in [5.41, 5.74) is 7.43. The molecular weight excluding hydrogens is 343 g/mol. The highest BCUT2D eigenvalue weighted by Gasteiger charge is 2.31. The third kappa shape index (κ3) is 4.80. The van der Waals surface area contributed by atoms with Gasteiger partial charge in [0.05, 0.1) is 11.4 Å². The fourth-order valence-corrected chi connectivity index (χ4v) is 3.34. The van der Waals surface area contributed by atoms with Gasteiger partial charge in [0, 0.05) is 25.1 Å². The predicted molar refractivity (Wildman–Crippen MR) is 97.4 cm³/mol. The summed E-state index contributed by atoms with van der Waals surface area (Å²) in [5, 5.41) is 7.46. The van der Waals surface area contributed by atoms with Crippen molar-refractivity contribution in [1.82, 2.24) is 15.1 Å². The molecule has 1 aliphatic carbocycles. The number of carbonyl (C=O) groups excluding carboxylic acids is 1. The summed E-state index contributed by atoms with van der Waals surface area (Å²) < 4.78 is 14.7. The van der Waals surface area contributed by atoms with E-state index in [2.05, 4.69) is 10.4 Å². The van der Waals surface area contributed by atoms with Crippen molar-refractivity contribution in [2.75, 3.05) is 13.1 Å². The maximum absolute atomic E-state index is 13.0. The standard InChI is InChI=1S/C18H23FN4O.ClH/c19-14-4-6-16(7-5-14)23-11-9-15(22-23)8-10-21-18(24)17-3-1-2-13(17)12-20;/h4-7,9,11,13,17H,1-3,8,10,12,20H2,(H,21,24);1H/t13-,17-;/m1./s1. The van der Waals surface area contributed by atoms with Crippen LogP contribution >= 0.6 is 12.4 Å². The van der Waals surface area contributed by atoms with E-state index in [0.717, 1.165) is 30.6 Å². The second-order valence-electron chi connectivity index (χ2n) is 6.30. The molecule has 7 heteroatoms. The van der Waals surface area contributed by atoms with Gasteiger partial charge in [-0.25, -0.2) is 9.07 Å². The van der Waals surface area contributed by atoms with Gasteiger partial charge in [0.15, 0.2) is 0 Å². The van der Waals surface area contributed by atoms with Crippen molar-refractivity contribution in [2.45, 2.75) is 25.7 Å². The number of nitrogens with two attached hydrogens (primary N) is 1. The van der Waals surface area contributed by atoms with Crippen LogP contribution in [0.4, 0.5) is 4.39 Å². The Morgan fingerprint density at radius 3 is 2.76 bits per heavy atom. The van der Waals surface area contributed by atoms with E-state index in [1.165, 1.54) is 12.1 Å². The minimum Gasteiger partial charge on any atom is -0.355 e. The second kappa shape index (κ2) is 8.97. The monoisotopic (exact) mass is 366 g/mol. The van der Waals surface area contributed by atoms with Gasteiger partial charge in [0.1, 0.15) is 5.82 Å². The first-order valence-corrected chi connectivity index (χ1v) is 8.45. The van der Waals surface area contributed by atoms with Gasteiger partial charge in [0.25, 0.3) is 0 Å². The molecule has 2 aromatic rings. The lowest BCUT2D eigenvalue weighted by molar-refractivity contribution is -0.125. The molecule has 1 heterocycles. The summed E-state index contributed by atoms with van der Waals surface area (Å²) in [6.45, 7) is 1.15. The van der Waals surface area contributed by atoms with Crippen molar-refractivity contribution >= 4 is 18.3 Å². The number of benzene rings is 1. The minimum absolute atomic E-state index is 0. The van der Waals surface area contributed by atoms with Gasteiger partial charge in [-0.05, 0) is 55.6 Å². The Hall–Kier alpha value is -1.92. The van der Waals surface area contributed by atoms with Crippen LogP contribution in [0.2, 0.25) is 0 Å². The maximum Gasteiger partial charge on any atom is 0.223 e. The third-order valence-electron chi connectivity index (χ3n) is 4.71. The summed E-state index contributed by atoms with van der Waals surface area (Å²) in [5.74, 6) is 0.229. The number of hydrogen-bond donors (Lipinski definition) is 2. The van der Waals surface area contributed by atoms with Crippen LogP contribution in [0.1, 0.15) is 25.0 Å². The highest BCUT2D eigenvalue weighted by molar-refractivity contribution is 5.85. The Kier molecular flexibility index (Phi) is 6.96. The minimum atomic E-state index is -0.267. The average molecular weight is 367 g/mol. The third-order valence-corrected chi connectivity index (χ3v) is 4.71. The molecule has 1 aromatic carbocycles. The Morgan fingerprint density at radius 2 is 2.04 bits per heavy atom. The normalized spacial score (nSPS) is 19.4. The SMILES string of the molecule is Cl.NC[C@H]1CCC[C@H]1C(=O)NCCc1ccn(-c2ccc(F)cc2)n1. The lowest BCUT2D eigenvalue weighted by Crippen LogP contribution is -2.36. The van der Waals surface area contributed by atoms with Crippen molar-refractivity contribution in [3.63, 3.8) is 0 Å². The highest BCUT2D eigenvalue weighted by atomic mass is 35.5. The molecule has 136 valence electrons. The lowest BCUT2D eigenvalue weighted by Gasteiger charge is -2.17. The van der Waals surface area contributed by atoms with Gasteiger partial charge in [-0.15, -0.1) is 12.4 Å². The molecule has 0 aliphatic heterocycles. The number of nitrogens with one attached hydrogen (secondary N) is 1. The maximum atomic E-state index is 13.0. The molecule has 25 heavy (non-hydrogen) atoms. The van der Waals surface area contributed by atoms with E-state index in [0.29, 0.717) is 25.4 Å². The highest BCUT2D eigenvalue weighted by Crippen LogP contribution is 2.30. The van der Waals surface area contributed by atoms with Crippen LogP contribution < -0.4 is 11.1 Å². The first-order chi connectivity index (χ1) is 11.7. The number of amides is 1. The lowest BCUT2D eigenvalue weighted by atomic mass is 9.95. The van der Waals surface area contributed by atoms with Crippen LogP contribution in [0, 0.1) is 17.7 Å². The molecule has 0 saturated heterocycles. The summed E-state index contributed by atoms with van der Waals surface area (Å²) in [7, 11) is 0. The molecular formula is C18H24ClFN4O. The van der Waals surface area contributed by atoms with Gasteiger partial charge < -0.3 is 11.1 Å². The van der Waals surface area contributed by atoms with Crippen molar-refractivity contribution in [2.24, 2.45) is 17.6 Å². The zero-order valence-corrected chi connectivity index (χ0v) is 14.8. The number of halogens is 2. The molecule has 3 rings (SSSR count). The molecule has 1 amide bonds. The quantitative estimate of drug-likeness (QED) is 0.824. The van der Waals surface area contributed by atoms with Gasteiger partial charge >= 0.3 is 0 Å². The summed E-state index contributed by atoms with van der Waals surface area (Å²) >= 11 is 0. The van der Waals surface area contributed by atoms with E-state index < -0.39 is 0 Å². The van der Waals surface area contributed by atoms with E-state index in [-0.39, 0.29) is 30.0 Å². The number of carbonyl (C=O) groups is 1. The molecule has 1 aliphatic rings. The van der Waals surface area contributed by atoms with E-state index in [1.807, 2.05) is 12.3 Å². The first kappa shape index (κ1) is 19.4. The number of nitrogens with zero attached hydrogens (tertiary/aromatic N) is 2. The Bertz CT molecular complexity index is 689. The van der Waals surface area contributed by atoms with Crippen LogP contribution in [0.5, 0.6) is 0 Å². The van der Waals surface area contributed by atoms with Crippen LogP contribution in [-0.2, 0) is 11.2 Å². The van der Waals surface area contributed by atoms with Gasteiger partial charge in [-0.1, -0.05) is 6.42 Å². The number of aromatic nitrogens is 2. The zero-order chi connectivity index (χ0) is 16.9. The van der Waals surface area contributed by atoms with Crippen molar-refractivity contribution in [3.05, 3.63) is 48.0 Å². The van der Waals surface area contributed by atoms with E-state index in [4.69, 9.17) is 5.73 Å². The fraction of sp³-hybridized carbons (Fsp3) is 0.444. The van der Waals surface area contributed by atoms with Gasteiger partial charge in [0.2, 0.25) is 5.91 Å². The molecule has 1 saturated carbocycles. The Morgan fingerprint density at radius 1 is 1.28 bits per heavy atom. The summed E-state index contributed by atoms with van der Waals surface area (Å²) in [6.07, 6.45) is 5.58. The zero-order valence-electron chi connectivity index (χ0n) is 14.0. The van der Waals surface area contributed by atoms with Crippen molar-refractivity contribution in [3.8, 4) is 5.69 Å². The molecule has 1 aromatic heterocycles. The Balaban J connectivity index is 0.00000225. The molecule has 1 fully saturated rings. The smallest absolute Gasteiger partial charge is 0.223 e. The summed E-state index contributed by atoms with van der Waals surface area (Å²) in [4.78, 5) is 12.2. The molecule has 2 atom stereocenters. The van der Waals surface area contributed by atoms with Crippen LogP contribution in [0.15, 0.2) is 36.5 Å². The Labute approximate surface area is 153 Å². The van der Waals surface area contributed by atoms with Crippen LogP contribution in [0.25, 0.3) is 5.69 Å². The van der Waals surface area contributed by atoms with E-state index >= 15 is 0 Å². The fourth-order valence-electron chi connectivity index (χ4n) is 3.34. The number of rotatable bonds is 6. The average Bonchev–Trinajstić information content (AvgIpc) is 3.24. The topological polar surface area (TPSA) is 72.9 Å². The molecule has 0 radical (unpaired) electrons. The first-order valence-electron chi connectivity index (χ1n) is 8.45. The van der Waals surface area contributed by atoms with Gasteiger partial charge in [-0.3, -0.25) is 4.79 Å². The summed E-state index contributed by atoms with van der Waals surface area (Å²) in [6, 6.07) is 8.09. The van der Waals surface area contributed by atoms with Crippen molar-refractivity contribution < 1.29 is 9.18 Å². The van der Waals surface area contributed by atoms with Crippen molar-refractivity contribution in [1.29, 1.82) is 0 Å². The molecule has 0 unspecified atom stereocenters. The number of hydrogen-bond acceptors (Lipinski definition) is 3. The predicted octanol–water partition coefficient (Wildman–Crippen LogP) is 2.47. The van der Waals surface area contributed by atoms with Crippen LogP contribution in [0.3, 0.4) is 0 Å². The second-order valence-corrected chi connectivity index (χ2v) is 6.30. The molecule has 3 N–H and O–H groups in total. The van der Waals surface area contributed by atoms with E-state index in [1.54, 1.807) is 16.8 Å². The molecule has 0 spiro atoms. The van der Waals surface area contributed by atoms with Gasteiger partial charge in [-0.2, -0.15) is 5.10 Å². The molecule has 0 bridgehead atoms. The van der Waals surface area contributed by atoms with Crippen LogP contribution in [-0.4, -0.2) is 28.8 Å². The largest absolute Gasteiger partial charge is 0.355 e.